The Bertz CT molecular complexity index is 393. The van der Waals surface area contributed by atoms with Crippen LogP contribution in [0, 0.1) is 24.2 Å². The minimum atomic E-state index is -0.676. The highest BCUT2D eigenvalue weighted by atomic mass is 16.5. The second kappa shape index (κ2) is 5.16. The number of hydrogen-bond acceptors (Lipinski definition) is 3. The highest BCUT2D eigenvalue weighted by molar-refractivity contribution is 5.77. The zero-order chi connectivity index (χ0) is 11.3. The molecule has 0 spiro atoms. The van der Waals surface area contributed by atoms with Crippen molar-refractivity contribution in [1.82, 2.24) is 0 Å². The number of aryl methyl sites for hydroxylation is 1. The second-order valence-corrected chi connectivity index (χ2v) is 3.28. The maximum absolute atomic E-state index is 11.5. The minimum Gasteiger partial charge on any atom is -0.425 e. The van der Waals surface area contributed by atoms with Crippen LogP contribution in [0.1, 0.15) is 18.9 Å². The van der Waals surface area contributed by atoms with Crippen LogP contribution in [0.4, 0.5) is 0 Å². The van der Waals surface area contributed by atoms with Crippen LogP contribution in [0.2, 0.25) is 0 Å². The van der Waals surface area contributed by atoms with Gasteiger partial charge in [0.15, 0.2) is 0 Å². The van der Waals surface area contributed by atoms with Gasteiger partial charge < -0.3 is 4.74 Å². The molecule has 0 amide bonds. The van der Waals surface area contributed by atoms with Crippen molar-refractivity contribution in [2.75, 3.05) is 0 Å². The largest absolute Gasteiger partial charge is 0.425 e. The fourth-order valence-corrected chi connectivity index (χ4v) is 1.16. The van der Waals surface area contributed by atoms with E-state index in [1.807, 2.05) is 25.1 Å². The van der Waals surface area contributed by atoms with Crippen molar-refractivity contribution >= 4 is 5.97 Å². The van der Waals surface area contributed by atoms with E-state index in [2.05, 4.69) is 0 Å². The van der Waals surface area contributed by atoms with Gasteiger partial charge in [-0.15, -0.1) is 0 Å². The summed E-state index contributed by atoms with van der Waals surface area (Å²) in [4.78, 5) is 11.5. The van der Waals surface area contributed by atoms with Crippen molar-refractivity contribution in [3.63, 3.8) is 0 Å². The fourth-order valence-electron chi connectivity index (χ4n) is 1.16. The molecule has 0 N–H and O–H groups in total. The SMILES string of the molecule is CCC(C#N)C(=O)Oc1ccccc1C. The molecule has 3 nitrogen and oxygen atoms in total. The van der Waals surface area contributed by atoms with E-state index < -0.39 is 11.9 Å². The first-order chi connectivity index (χ1) is 7.19. The third-order valence-corrected chi connectivity index (χ3v) is 2.15. The molecule has 3 heteroatoms. The van der Waals surface area contributed by atoms with Crippen molar-refractivity contribution in [2.45, 2.75) is 20.3 Å². The van der Waals surface area contributed by atoms with E-state index in [-0.39, 0.29) is 0 Å². The number of para-hydroxylation sites is 1. The Kier molecular flexibility index (Phi) is 3.87. The van der Waals surface area contributed by atoms with Crippen molar-refractivity contribution in [3.8, 4) is 11.8 Å². The number of esters is 1. The van der Waals surface area contributed by atoms with Crippen LogP contribution >= 0.6 is 0 Å². The van der Waals surface area contributed by atoms with Crippen LogP contribution in [0.25, 0.3) is 0 Å². The lowest BCUT2D eigenvalue weighted by atomic mass is 10.1. The number of benzene rings is 1. The first-order valence-electron chi connectivity index (χ1n) is 4.86. The molecular weight excluding hydrogens is 190 g/mol. The van der Waals surface area contributed by atoms with Crippen molar-refractivity contribution < 1.29 is 9.53 Å². The Balaban J connectivity index is 2.75. The van der Waals surface area contributed by atoms with Gasteiger partial charge in [-0.3, -0.25) is 4.79 Å². The fraction of sp³-hybridized carbons (Fsp3) is 0.333. The Morgan fingerprint density at radius 2 is 2.20 bits per heavy atom. The molecule has 1 aromatic carbocycles. The van der Waals surface area contributed by atoms with Gasteiger partial charge in [0, 0.05) is 0 Å². The number of nitriles is 1. The van der Waals surface area contributed by atoms with Gasteiger partial charge in [0.1, 0.15) is 11.7 Å². The highest BCUT2D eigenvalue weighted by Gasteiger charge is 2.18. The first kappa shape index (κ1) is 11.3. The Morgan fingerprint density at radius 1 is 1.53 bits per heavy atom. The molecule has 1 unspecified atom stereocenters. The van der Waals surface area contributed by atoms with E-state index in [1.165, 1.54) is 0 Å². The summed E-state index contributed by atoms with van der Waals surface area (Å²) in [6.45, 7) is 3.64. The highest BCUT2D eigenvalue weighted by Crippen LogP contribution is 2.18. The summed E-state index contributed by atoms with van der Waals surface area (Å²) >= 11 is 0. The lowest BCUT2D eigenvalue weighted by Gasteiger charge is -2.08. The van der Waals surface area contributed by atoms with E-state index >= 15 is 0 Å². The zero-order valence-corrected chi connectivity index (χ0v) is 8.86. The first-order valence-corrected chi connectivity index (χ1v) is 4.86. The minimum absolute atomic E-state index is 0.473. The van der Waals surface area contributed by atoms with Crippen LogP contribution in [-0.2, 0) is 4.79 Å². The van der Waals surface area contributed by atoms with Gasteiger partial charge in [-0.25, -0.2) is 0 Å². The van der Waals surface area contributed by atoms with Crippen LogP contribution in [0.5, 0.6) is 5.75 Å². The van der Waals surface area contributed by atoms with Crippen LogP contribution in [-0.4, -0.2) is 5.97 Å². The smallest absolute Gasteiger partial charge is 0.328 e. The van der Waals surface area contributed by atoms with Gasteiger partial charge in [0.25, 0.3) is 0 Å². The Hall–Kier alpha value is -1.82. The molecule has 0 fully saturated rings. The van der Waals surface area contributed by atoms with Crippen molar-refractivity contribution in [1.29, 1.82) is 5.26 Å². The third-order valence-electron chi connectivity index (χ3n) is 2.15. The summed E-state index contributed by atoms with van der Waals surface area (Å²) in [5, 5.41) is 8.69. The number of hydrogen-bond donors (Lipinski definition) is 0. The second-order valence-electron chi connectivity index (χ2n) is 3.28. The Morgan fingerprint density at radius 3 is 2.73 bits per heavy atom. The number of rotatable bonds is 3. The van der Waals surface area contributed by atoms with Crippen molar-refractivity contribution in [3.05, 3.63) is 29.8 Å². The molecule has 1 rings (SSSR count). The third kappa shape index (κ3) is 2.81. The molecule has 0 aliphatic heterocycles. The molecule has 15 heavy (non-hydrogen) atoms. The summed E-state index contributed by atoms with van der Waals surface area (Å²) < 4.78 is 5.13. The molecule has 0 bridgehead atoms. The maximum Gasteiger partial charge on any atom is 0.328 e. The lowest BCUT2D eigenvalue weighted by molar-refractivity contribution is -0.137. The predicted octanol–water partition coefficient (Wildman–Crippen LogP) is 2.45. The van der Waals surface area contributed by atoms with Gasteiger partial charge in [0.2, 0.25) is 0 Å². The maximum atomic E-state index is 11.5. The van der Waals surface area contributed by atoms with E-state index in [0.29, 0.717) is 12.2 Å². The molecular formula is C12H13NO2. The van der Waals surface area contributed by atoms with Crippen LogP contribution in [0.15, 0.2) is 24.3 Å². The predicted molar refractivity (Wildman–Crippen MR) is 56.2 cm³/mol. The molecule has 1 atom stereocenters. The van der Waals surface area contributed by atoms with Gasteiger partial charge >= 0.3 is 5.97 Å². The number of carbonyl (C=O) groups excluding carboxylic acids is 1. The van der Waals surface area contributed by atoms with Crippen LogP contribution in [0.3, 0.4) is 0 Å². The van der Waals surface area contributed by atoms with Gasteiger partial charge in [-0.1, -0.05) is 25.1 Å². The molecule has 0 saturated carbocycles. The lowest BCUT2D eigenvalue weighted by Crippen LogP contribution is -2.18. The Labute approximate surface area is 89.3 Å². The van der Waals surface area contributed by atoms with Crippen LogP contribution < -0.4 is 4.74 Å². The van der Waals surface area contributed by atoms with E-state index in [9.17, 15) is 4.79 Å². The summed E-state index contributed by atoms with van der Waals surface area (Å²) in [6, 6.07) is 9.16. The molecule has 0 aliphatic carbocycles. The molecule has 0 aliphatic rings. The molecule has 1 aromatic rings. The average molecular weight is 203 g/mol. The van der Waals surface area contributed by atoms with Gasteiger partial charge in [-0.2, -0.15) is 5.26 Å². The molecule has 0 radical (unpaired) electrons. The molecule has 0 heterocycles. The van der Waals surface area contributed by atoms with E-state index in [0.717, 1.165) is 5.56 Å². The van der Waals surface area contributed by atoms with Crippen molar-refractivity contribution in [2.24, 2.45) is 5.92 Å². The van der Waals surface area contributed by atoms with E-state index in [4.69, 9.17) is 10.00 Å². The monoisotopic (exact) mass is 203 g/mol. The molecule has 0 aromatic heterocycles. The number of nitrogens with zero attached hydrogens (tertiary/aromatic N) is 1. The summed E-state index contributed by atoms with van der Waals surface area (Å²) in [6.07, 6.45) is 0.473. The molecule has 0 saturated heterocycles. The quantitative estimate of drug-likeness (QED) is 0.560. The zero-order valence-electron chi connectivity index (χ0n) is 8.86. The summed E-state index contributed by atoms with van der Waals surface area (Å²) in [5.74, 6) is -0.630. The normalized spacial score (nSPS) is 11.5. The van der Waals surface area contributed by atoms with E-state index in [1.54, 1.807) is 19.1 Å². The average Bonchev–Trinajstić information content (AvgIpc) is 2.23. The number of ether oxygens (including phenoxy) is 1. The standard InChI is InChI=1S/C12H13NO2/c1-3-10(8-13)12(14)15-11-7-5-4-6-9(11)2/h4-7,10H,3H2,1-2H3. The van der Waals surface area contributed by atoms with Gasteiger partial charge in [0.05, 0.1) is 6.07 Å². The molecule has 78 valence electrons. The topological polar surface area (TPSA) is 50.1 Å². The van der Waals surface area contributed by atoms with Gasteiger partial charge in [-0.05, 0) is 25.0 Å². The summed E-state index contributed by atoms with van der Waals surface area (Å²) in [5.41, 5.74) is 0.888. The summed E-state index contributed by atoms with van der Waals surface area (Å²) in [7, 11) is 0. The number of carbonyl (C=O) groups is 1.